The summed E-state index contributed by atoms with van der Waals surface area (Å²) in [6.07, 6.45) is 4.84. The fourth-order valence-corrected chi connectivity index (χ4v) is 4.11. The molecule has 0 saturated carbocycles. The van der Waals surface area contributed by atoms with Crippen LogP contribution in [0.5, 0.6) is 0 Å². The summed E-state index contributed by atoms with van der Waals surface area (Å²) in [6, 6.07) is 9.45. The average Bonchev–Trinajstić information content (AvgIpc) is 3.08. The molecule has 1 aliphatic heterocycles. The zero-order chi connectivity index (χ0) is 17.8. The highest BCUT2D eigenvalue weighted by Crippen LogP contribution is 2.34. The zero-order valence-electron chi connectivity index (χ0n) is 14.2. The summed E-state index contributed by atoms with van der Waals surface area (Å²) in [5.74, 6) is 0. The number of hydrogen-bond acceptors (Lipinski definition) is 4. The summed E-state index contributed by atoms with van der Waals surface area (Å²) in [7, 11) is -3.67. The van der Waals surface area contributed by atoms with Crippen molar-refractivity contribution < 1.29 is 8.42 Å². The minimum atomic E-state index is -3.67. The molecule has 1 aromatic carbocycles. The first-order chi connectivity index (χ1) is 11.8. The highest BCUT2D eigenvalue weighted by atomic mass is 32.2. The third kappa shape index (κ3) is 2.79. The molecule has 0 bridgehead atoms. The summed E-state index contributed by atoms with van der Waals surface area (Å²) in [6.45, 7) is 4.87. The number of imidazole rings is 1. The van der Waals surface area contributed by atoms with Gasteiger partial charge in [0, 0.05) is 24.1 Å². The van der Waals surface area contributed by atoms with Crippen molar-refractivity contribution in [3.63, 3.8) is 0 Å². The maximum absolute atomic E-state index is 11.6. The second kappa shape index (κ2) is 5.57. The summed E-state index contributed by atoms with van der Waals surface area (Å²) in [4.78, 5) is 7.18. The van der Waals surface area contributed by atoms with Crippen LogP contribution in [0.4, 0.5) is 5.69 Å². The molecule has 6 nitrogen and oxygen atoms in total. The highest BCUT2D eigenvalue weighted by molar-refractivity contribution is 7.89. The molecule has 0 saturated heterocycles. The van der Waals surface area contributed by atoms with E-state index in [-0.39, 0.29) is 10.9 Å². The molecule has 4 rings (SSSR count). The lowest BCUT2D eigenvalue weighted by Crippen LogP contribution is -2.28. The number of rotatable bonds is 3. The molecular formula is C18H20N4O2S. The van der Waals surface area contributed by atoms with Crippen LogP contribution >= 0.6 is 0 Å². The lowest BCUT2D eigenvalue weighted by molar-refractivity contribution is 0.597. The number of benzene rings is 1. The van der Waals surface area contributed by atoms with Crippen molar-refractivity contribution in [1.82, 2.24) is 9.38 Å². The third-order valence-corrected chi connectivity index (χ3v) is 5.71. The van der Waals surface area contributed by atoms with Gasteiger partial charge in [0.25, 0.3) is 0 Å². The Balaban J connectivity index is 1.69. The van der Waals surface area contributed by atoms with Gasteiger partial charge in [-0.1, -0.05) is 6.07 Å². The van der Waals surface area contributed by atoms with Crippen LogP contribution in [0.15, 0.2) is 47.6 Å². The monoisotopic (exact) mass is 356 g/mol. The van der Waals surface area contributed by atoms with E-state index in [0.717, 1.165) is 34.6 Å². The molecule has 1 aliphatic rings. The van der Waals surface area contributed by atoms with E-state index < -0.39 is 10.0 Å². The molecule has 0 amide bonds. The number of nitrogens with zero attached hydrogens (tertiary/aromatic N) is 3. The number of fused-ring (bicyclic) bond motifs is 2. The fraction of sp³-hybridized carbons (Fsp3) is 0.278. The molecule has 7 heteroatoms. The minimum absolute atomic E-state index is 0.170. The van der Waals surface area contributed by atoms with Gasteiger partial charge in [-0.25, -0.2) is 18.5 Å². The topological polar surface area (TPSA) is 80.7 Å². The molecule has 2 aromatic heterocycles. The summed E-state index contributed by atoms with van der Waals surface area (Å²) in [5.41, 5.74) is 5.16. The van der Waals surface area contributed by atoms with E-state index in [1.807, 2.05) is 28.9 Å². The van der Waals surface area contributed by atoms with Crippen LogP contribution < -0.4 is 10.0 Å². The molecule has 130 valence electrons. The van der Waals surface area contributed by atoms with Gasteiger partial charge in [0.1, 0.15) is 5.65 Å². The highest BCUT2D eigenvalue weighted by Gasteiger charge is 2.28. The normalized spacial score (nSPS) is 17.2. The van der Waals surface area contributed by atoms with Crippen LogP contribution in [0, 0.1) is 6.92 Å². The van der Waals surface area contributed by atoms with Crippen LogP contribution in [-0.2, 0) is 23.0 Å². The number of aryl methyl sites for hydroxylation is 1. The Kier molecular flexibility index (Phi) is 3.59. The Hall–Kier alpha value is -2.38. The zero-order valence-corrected chi connectivity index (χ0v) is 15.0. The molecule has 1 unspecified atom stereocenters. The van der Waals surface area contributed by atoms with E-state index in [4.69, 9.17) is 10.1 Å². The standard InChI is InChI=1S/C18H20N4O2S/c1-12-4-3-7-21-10-15(20-18(12)21)11-22-13(2)8-14-9-16(25(19,23)24)5-6-17(14)22/h3-7,9-10,13H,8,11H2,1-2H3,(H2,19,23,24). The Morgan fingerprint density at radius 3 is 2.84 bits per heavy atom. The van der Waals surface area contributed by atoms with Crippen molar-refractivity contribution in [2.75, 3.05) is 4.90 Å². The number of hydrogen-bond donors (Lipinski definition) is 1. The molecule has 3 heterocycles. The van der Waals surface area contributed by atoms with Crippen LogP contribution in [0.25, 0.3) is 5.65 Å². The van der Waals surface area contributed by atoms with Gasteiger partial charge in [0.2, 0.25) is 10.0 Å². The fourth-order valence-electron chi connectivity index (χ4n) is 3.54. The smallest absolute Gasteiger partial charge is 0.238 e. The van der Waals surface area contributed by atoms with E-state index in [1.165, 1.54) is 0 Å². The van der Waals surface area contributed by atoms with E-state index >= 15 is 0 Å². The molecule has 0 aliphatic carbocycles. The predicted molar refractivity (Wildman–Crippen MR) is 97.1 cm³/mol. The Labute approximate surface area is 147 Å². The van der Waals surface area contributed by atoms with Crippen molar-refractivity contribution in [3.8, 4) is 0 Å². The number of sulfonamides is 1. The van der Waals surface area contributed by atoms with Gasteiger partial charge >= 0.3 is 0 Å². The van der Waals surface area contributed by atoms with Crippen molar-refractivity contribution in [1.29, 1.82) is 0 Å². The molecule has 3 aromatic rings. The Bertz CT molecular complexity index is 1070. The number of nitrogens with two attached hydrogens (primary N) is 1. The maximum atomic E-state index is 11.6. The van der Waals surface area contributed by atoms with Gasteiger partial charge < -0.3 is 9.30 Å². The molecular weight excluding hydrogens is 336 g/mol. The lowest BCUT2D eigenvalue weighted by atomic mass is 10.1. The minimum Gasteiger partial charge on any atom is -0.362 e. The van der Waals surface area contributed by atoms with Crippen molar-refractivity contribution in [2.24, 2.45) is 5.14 Å². The molecule has 25 heavy (non-hydrogen) atoms. The van der Waals surface area contributed by atoms with Gasteiger partial charge in [0.15, 0.2) is 0 Å². The van der Waals surface area contributed by atoms with E-state index in [9.17, 15) is 8.42 Å². The van der Waals surface area contributed by atoms with Crippen molar-refractivity contribution in [2.45, 2.75) is 37.8 Å². The SMILES string of the molecule is Cc1cccn2cc(CN3c4ccc(S(N)(=O)=O)cc4CC3C)nc12. The van der Waals surface area contributed by atoms with Crippen LogP contribution in [0.2, 0.25) is 0 Å². The van der Waals surface area contributed by atoms with Crippen molar-refractivity contribution in [3.05, 3.63) is 59.5 Å². The average molecular weight is 356 g/mol. The Morgan fingerprint density at radius 2 is 2.12 bits per heavy atom. The van der Waals surface area contributed by atoms with Crippen LogP contribution in [0.1, 0.15) is 23.7 Å². The maximum Gasteiger partial charge on any atom is 0.238 e. The number of primary sulfonamides is 1. The van der Waals surface area contributed by atoms with Gasteiger partial charge in [-0.2, -0.15) is 0 Å². The second-order valence-corrected chi connectivity index (χ2v) is 8.23. The number of pyridine rings is 1. The largest absolute Gasteiger partial charge is 0.362 e. The van der Waals surface area contributed by atoms with Crippen LogP contribution in [-0.4, -0.2) is 23.8 Å². The summed E-state index contributed by atoms with van der Waals surface area (Å²) < 4.78 is 25.2. The van der Waals surface area contributed by atoms with Crippen LogP contribution in [0.3, 0.4) is 0 Å². The first-order valence-electron chi connectivity index (χ1n) is 8.18. The van der Waals surface area contributed by atoms with Gasteiger partial charge in [-0.3, -0.25) is 0 Å². The van der Waals surface area contributed by atoms with Gasteiger partial charge in [-0.15, -0.1) is 0 Å². The molecule has 0 spiro atoms. The van der Waals surface area contributed by atoms with Gasteiger partial charge in [-0.05, 0) is 55.7 Å². The number of anilines is 1. The summed E-state index contributed by atoms with van der Waals surface area (Å²) in [5, 5.41) is 5.25. The quantitative estimate of drug-likeness (QED) is 0.780. The molecule has 0 radical (unpaired) electrons. The molecule has 1 atom stereocenters. The predicted octanol–water partition coefficient (Wildman–Crippen LogP) is 2.24. The van der Waals surface area contributed by atoms with Gasteiger partial charge in [0.05, 0.1) is 17.1 Å². The second-order valence-electron chi connectivity index (χ2n) is 6.67. The number of aromatic nitrogens is 2. The van der Waals surface area contributed by atoms with E-state index in [0.29, 0.717) is 6.54 Å². The lowest BCUT2D eigenvalue weighted by Gasteiger charge is -2.23. The molecule has 2 N–H and O–H groups in total. The third-order valence-electron chi connectivity index (χ3n) is 4.80. The van der Waals surface area contributed by atoms with Crippen molar-refractivity contribution >= 4 is 21.4 Å². The molecule has 0 fully saturated rings. The first kappa shape index (κ1) is 16.1. The van der Waals surface area contributed by atoms with E-state index in [1.54, 1.807) is 12.1 Å². The van der Waals surface area contributed by atoms with E-state index in [2.05, 4.69) is 24.8 Å². The first-order valence-corrected chi connectivity index (χ1v) is 9.73. The Morgan fingerprint density at radius 1 is 1.32 bits per heavy atom. The summed E-state index contributed by atoms with van der Waals surface area (Å²) >= 11 is 0.